The molecule has 0 unspecified atom stereocenters. The number of hydrogen-bond acceptors (Lipinski definition) is 2. The molecule has 1 aromatic carbocycles. The third kappa shape index (κ3) is 4.56. The minimum atomic E-state index is 0.0144. The molecule has 2 aromatic rings. The van der Waals surface area contributed by atoms with Gasteiger partial charge in [0.1, 0.15) is 5.15 Å². The van der Waals surface area contributed by atoms with E-state index >= 15 is 0 Å². The van der Waals surface area contributed by atoms with Gasteiger partial charge in [-0.1, -0.05) is 41.9 Å². The van der Waals surface area contributed by atoms with Crippen LogP contribution >= 0.6 is 11.6 Å². The molecule has 0 amide bonds. The van der Waals surface area contributed by atoms with Gasteiger partial charge >= 0.3 is 0 Å². The molecular formula is C16H19ClN2. The normalized spacial score (nSPS) is 11.3. The van der Waals surface area contributed by atoms with Crippen molar-refractivity contribution in [3.8, 4) is 0 Å². The number of nitrogens with one attached hydrogen (secondary N) is 1. The summed E-state index contributed by atoms with van der Waals surface area (Å²) in [6, 6.07) is 14.3. The van der Waals surface area contributed by atoms with Crippen LogP contribution in [0.15, 0.2) is 48.7 Å². The fraction of sp³-hybridized carbons (Fsp3) is 0.312. The Bertz CT molecular complexity index is 523. The number of benzene rings is 1. The van der Waals surface area contributed by atoms with Crippen molar-refractivity contribution < 1.29 is 0 Å². The summed E-state index contributed by atoms with van der Waals surface area (Å²) in [7, 11) is 0. The second-order valence-electron chi connectivity index (χ2n) is 5.36. The highest BCUT2D eigenvalue weighted by atomic mass is 35.5. The Morgan fingerprint density at radius 2 is 1.89 bits per heavy atom. The third-order valence-electron chi connectivity index (χ3n) is 3.09. The summed E-state index contributed by atoms with van der Waals surface area (Å²) in [6.45, 7) is 4.40. The molecular weight excluding hydrogens is 256 g/mol. The number of hydrogen-bond donors (Lipinski definition) is 1. The number of anilines is 1. The van der Waals surface area contributed by atoms with Crippen LogP contribution in [0.3, 0.4) is 0 Å². The van der Waals surface area contributed by atoms with Crippen LogP contribution in [-0.2, 0) is 6.42 Å². The van der Waals surface area contributed by atoms with E-state index in [1.54, 1.807) is 6.20 Å². The fourth-order valence-corrected chi connectivity index (χ4v) is 2.21. The molecule has 0 saturated carbocycles. The maximum Gasteiger partial charge on any atom is 0.131 e. The summed E-state index contributed by atoms with van der Waals surface area (Å²) >= 11 is 5.90. The summed E-state index contributed by atoms with van der Waals surface area (Å²) in [4.78, 5) is 3.99. The average molecular weight is 275 g/mol. The van der Waals surface area contributed by atoms with Crippen LogP contribution in [0.1, 0.15) is 25.8 Å². The van der Waals surface area contributed by atoms with Crippen molar-refractivity contribution in [2.45, 2.75) is 32.2 Å². The highest BCUT2D eigenvalue weighted by molar-refractivity contribution is 6.29. The summed E-state index contributed by atoms with van der Waals surface area (Å²) in [5.74, 6) is 0. The number of aromatic nitrogens is 1. The standard InChI is InChI=1S/C16H19ClN2/c1-16(2,10-8-13-6-4-3-5-7-13)19-14-9-11-18-15(17)12-14/h3-7,9,11-12H,8,10H2,1-2H3,(H,18,19). The molecule has 1 aromatic heterocycles. The van der Waals surface area contributed by atoms with Crippen molar-refractivity contribution in [3.05, 3.63) is 59.4 Å². The number of halogens is 1. The van der Waals surface area contributed by atoms with Crippen molar-refractivity contribution in [1.29, 1.82) is 0 Å². The molecule has 2 rings (SSSR count). The van der Waals surface area contributed by atoms with E-state index in [-0.39, 0.29) is 5.54 Å². The molecule has 0 aliphatic carbocycles. The molecule has 2 nitrogen and oxygen atoms in total. The van der Waals surface area contributed by atoms with Gasteiger partial charge in [-0.05, 0) is 44.4 Å². The molecule has 0 aliphatic rings. The van der Waals surface area contributed by atoms with Crippen molar-refractivity contribution in [2.75, 3.05) is 5.32 Å². The second-order valence-corrected chi connectivity index (χ2v) is 5.75. The van der Waals surface area contributed by atoms with Crippen molar-refractivity contribution in [3.63, 3.8) is 0 Å². The topological polar surface area (TPSA) is 24.9 Å². The summed E-state index contributed by atoms with van der Waals surface area (Å²) in [5, 5.41) is 4.02. The lowest BCUT2D eigenvalue weighted by Gasteiger charge is -2.27. The first-order valence-corrected chi connectivity index (χ1v) is 6.87. The average Bonchev–Trinajstić information content (AvgIpc) is 2.37. The van der Waals surface area contributed by atoms with E-state index in [1.165, 1.54) is 5.56 Å². The summed E-state index contributed by atoms with van der Waals surface area (Å²) in [6.07, 6.45) is 3.83. The van der Waals surface area contributed by atoms with E-state index < -0.39 is 0 Å². The first-order chi connectivity index (χ1) is 9.05. The summed E-state index contributed by atoms with van der Waals surface area (Å²) in [5.41, 5.74) is 2.39. The molecule has 19 heavy (non-hydrogen) atoms. The van der Waals surface area contributed by atoms with Crippen LogP contribution < -0.4 is 5.32 Å². The SMILES string of the molecule is CC(C)(CCc1ccccc1)Nc1ccnc(Cl)c1. The molecule has 3 heteroatoms. The Morgan fingerprint density at radius 1 is 1.16 bits per heavy atom. The molecule has 1 N–H and O–H groups in total. The van der Waals surface area contributed by atoms with Crippen LogP contribution in [0.2, 0.25) is 5.15 Å². The minimum Gasteiger partial charge on any atom is -0.380 e. The molecule has 0 bridgehead atoms. The number of rotatable bonds is 5. The van der Waals surface area contributed by atoms with Crippen molar-refractivity contribution in [1.82, 2.24) is 4.98 Å². The second kappa shape index (κ2) is 6.07. The Morgan fingerprint density at radius 3 is 2.58 bits per heavy atom. The summed E-state index contributed by atoms with van der Waals surface area (Å²) < 4.78 is 0. The predicted molar refractivity (Wildman–Crippen MR) is 81.7 cm³/mol. The maximum atomic E-state index is 5.90. The van der Waals surface area contributed by atoms with Gasteiger partial charge in [-0.2, -0.15) is 0 Å². The number of pyridine rings is 1. The molecule has 0 aliphatic heterocycles. The minimum absolute atomic E-state index is 0.0144. The van der Waals surface area contributed by atoms with Gasteiger partial charge in [0.05, 0.1) is 0 Å². The van der Waals surface area contributed by atoms with Gasteiger partial charge < -0.3 is 5.32 Å². The molecule has 0 atom stereocenters. The van der Waals surface area contributed by atoms with E-state index in [1.807, 2.05) is 18.2 Å². The van der Waals surface area contributed by atoms with E-state index in [0.717, 1.165) is 18.5 Å². The molecule has 0 radical (unpaired) electrons. The van der Waals surface area contributed by atoms with E-state index in [9.17, 15) is 0 Å². The lowest BCUT2D eigenvalue weighted by molar-refractivity contribution is 0.518. The Kier molecular flexibility index (Phi) is 4.43. The van der Waals surface area contributed by atoms with Crippen molar-refractivity contribution in [2.24, 2.45) is 0 Å². The van der Waals surface area contributed by atoms with Crippen molar-refractivity contribution >= 4 is 17.3 Å². The smallest absolute Gasteiger partial charge is 0.131 e. The van der Waals surface area contributed by atoms with Gasteiger partial charge in [-0.15, -0.1) is 0 Å². The first-order valence-electron chi connectivity index (χ1n) is 6.49. The van der Waals surface area contributed by atoms with E-state index in [2.05, 4.69) is 48.4 Å². The lowest BCUT2D eigenvalue weighted by Crippen LogP contribution is -2.31. The van der Waals surface area contributed by atoms with Crippen LogP contribution in [0.25, 0.3) is 0 Å². The zero-order chi connectivity index (χ0) is 13.7. The highest BCUT2D eigenvalue weighted by Crippen LogP contribution is 2.21. The Labute approximate surface area is 119 Å². The predicted octanol–water partition coefficient (Wildman–Crippen LogP) is 4.56. The first kappa shape index (κ1) is 13.9. The van der Waals surface area contributed by atoms with Crippen LogP contribution in [0.5, 0.6) is 0 Å². The van der Waals surface area contributed by atoms with Gasteiger partial charge in [0.2, 0.25) is 0 Å². The molecule has 0 saturated heterocycles. The van der Waals surface area contributed by atoms with E-state index in [4.69, 9.17) is 11.6 Å². The molecule has 1 heterocycles. The number of aryl methyl sites for hydroxylation is 1. The zero-order valence-corrected chi connectivity index (χ0v) is 12.1. The van der Waals surface area contributed by atoms with Gasteiger partial charge in [0.15, 0.2) is 0 Å². The third-order valence-corrected chi connectivity index (χ3v) is 3.30. The van der Waals surface area contributed by atoms with Gasteiger partial charge in [0, 0.05) is 17.4 Å². The zero-order valence-electron chi connectivity index (χ0n) is 11.4. The van der Waals surface area contributed by atoms with Gasteiger partial charge in [-0.3, -0.25) is 0 Å². The number of nitrogens with zero attached hydrogens (tertiary/aromatic N) is 1. The van der Waals surface area contributed by atoms with Gasteiger partial charge in [0.25, 0.3) is 0 Å². The molecule has 100 valence electrons. The maximum absolute atomic E-state index is 5.90. The molecule has 0 spiro atoms. The van der Waals surface area contributed by atoms with Gasteiger partial charge in [-0.25, -0.2) is 4.98 Å². The largest absolute Gasteiger partial charge is 0.380 e. The highest BCUT2D eigenvalue weighted by Gasteiger charge is 2.17. The monoisotopic (exact) mass is 274 g/mol. The quantitative estimate of drug-likeness (QED) is 0.809. The lowest BCUT2D eigenvalue weighted by atomic mass is 9.95. The van der Waals surface area contributed by atoms with Crippen LogP contribution in [0, 0.1) is 0 Å². The van der Waals surface area contributed by atoms with Crippen LogP contribution in [-0.4, -0.2) is 10.5 Å². The Balaban J connectivity index is 1.95. The molecule has 0 fully saturated rings. The fourth-order valence-electron chi connectivity index (χ4n) is 2.03. The Hall–Kier alpha value is -1.54. The van der Waals surface area contributed by atoms with E-state index in [0.29, 0.717) is 5.15 Å². The van der Waals surface area contributed by atoms with Crippen LogP contribution in [0.4, 0.5) is 5.69 Å².